The second-order valence-corrected chi connectivity index (χ2v) is 3.48. The van der Waals surface area contributed by atoms with Gasteiger partial charge < -0.3 is 9.53 Å². The molecule has 0 radical (unpaired) electrons. The Bertz CT molecular complexity index is 341. The highest BCUT2D eigenvalue weighted by molar-refractivity contribution is 5.89. The molecule has 0 bridgehead atoms. The number of benzene rings is 1. The summed E-state index contributed by atoms with van der Waals surface area (Å²) >= 11 is 0. The van der Waals surface area contributed by atoms with Gasteiger partial charge in [0, 0.05) is 6.42 Å². The molecule has 86 valence electrons. The maximum atomic E-state index is 11.3. The van der Waals surface area contributed by atoms with Crippen molar-refractivity contribution in [3.8, 4) is 0 Å². The number of hydrogen-bond donors (Lipinski definition) is 0. The molecule has 0 saturated heterocycles. The molecule has 0 unspecified atom stereocenters. The van der Waals surface area contributed by atoms with Gasteiger partial charge in [-0.3, -0.25) is 0 Å². The zero-order valence-electron chi connectivity index (χ0n) is 9.44. The number of hydrogen-bond acceptors (Lipinski definition) is 3. The van der Waals surface area contributed by atoms with Crippen molar-refractivity contribution in [2.24, 2.45) is 0 Å². The molecule has 0 aliphatic carbocycles. The number of aldehydes is 1. The molecule has 0 aliphatic heterocycles. The molecule has 3 heteroatoms. The Morgan fingerprint density at radius 3 is 2.56 bits per heavy atom. The van der Waals surface area contributed by atoms with Crippen molar-refractivity contribution in [3.05, 3.63) is 35.4 Å². The molecular formula is C13H16O3. The molecule has 0 atom stereocenters. The van der Waals surface area contributed by atoms with Crippen LogP contribution in [0.3, 0.4) is 0 Å². The van der Waals surface area contributed by atoms with Gasteiger partial charge in [-0.05, 0) is 37.5 Å². The third kappa shape index (κ3) is 3.85. The van der Waals surface area contributed by atoms with E-state index in [-0.39, 0.29) is 5.97 Å². The van der Waals surface area contributed by atoms with E-state index >= 15 is 0 Å². The molecule has 0 spiro atoms. The van der Waals surface area contributed by atoms with E-state index in [0.717, 1.165) is 24.7 Å². The first-order valence-corrected chi connectivity index (χ1v) is 5.47. The highest BCUT2D eigenvalue weighted by Gasteiger charge is 2.05. The minimum atomic E-state index is -0.290. The molecule has 1 rings (SSSR count). The summed E-state index contributed by atoms with van der Waals surface area (Å²) in [6.07, 6.45) is 3.22. The van der Waals surface area contributed by atoms with E-state index in [2.05, 4.69) is 0 Å². The molecule has 1 aromatic rings. The van der Waals surface area contributed by atoms with E-state index in [4.69, 9.17) is 4.74 Å². The molecule has 3 nitrogen and oxygen atoms in total. The van der Waals surface area contributed by atoms with E-state index in [9.17, 15) is 9.59 Å². The fourth-order valence-electron chi connectivity index (χ4n) is 1.41. The lowest BCUT2D eigenvalue weighted by Gasteiger charge is -2.03. The van der Waals surface area contributed by atoms with E-state index in [1.54, 1.807) is 19.1 Å². The molecule has 0 fully saturated rings. The lowest BCUT2D eigenvalue weighted by atomic mass is 10.1. The van der Waals surface area contributed by atoms with Crippen LogP contribution in [0.5, 0.6) is 0 Å². The summed E-state index contributed by atoms with van der Waals surface area (Å²) in [4.78, 5) is 21.5. The predicted molar refractivity (Wildman–Crippen MR) is 61.4 cm³/mol. The summed E-state index contributed by atoms with van der Waals surface area (Å²) < 4.78 is 4.88. The first kappa shape index (κ1) is 12.4. The third-order valence-electron chi connectivity index (χ3n) is 2.25. The first-order valence-electron chi connectivity index (χ1n) is 5.47. The Labute approximate surface area is 95.4 Å². The quantitative estimate of drug-likeness (QED) is 0.420. The van der Waals surface area contributed by atoms with E-state index in [1.165, 1.54) is 0 Å². The monoisotopic (exact) mass is 220 g/mol. The minimum absolute atomic E-state index is 0.290. The maximum Gasteiger partial charge on any atom is 0.338 e. The van der Waals surface area contributed by atoms with Crippen molar-refractivity contribution in [2.45, 2.75) is 26.2 Å². The van der Waals surface area contributed by atoms with Crippen LogP contribution < -0.4 is 0 Å². The van der Waals surface area contributed by atoms with Crippen LogP contribution in [-0.4, -0.2) is 18.9 Å². The fraction of sp³-hybridized carbons (Fsp3) is 0.385. The molecular weight excluding hydrogens is 204 g/mol. The summed E-state index contributed by atoms with van der Waals surface area (Å²) in [5, 5.41) is 0. The van der Waals surface area contributed by atoms with Crippen LogP contribution in [0.25, 0.3) is 0 Å². The fourth-order valence-corrected chi connectivity index (χ4v) is 1.41. The van der Waals surface area contributed by atoms with Gasteiger partial charge in [0.2, 0.25) is 0 Å². The molecule has 0 saturated carbocycles. The van der Waals surface area contributed by atoms with Crippen molar-refractivity contribution < 1.29 is 14.3 Å². The van der Waals surface area contributed by atoms with Crippen LogP contribution >= 0.6 is 0 Å². The Morgan fingerprint density at radius 2 is 2.00 bits per heavy atom. The molecule has 0 heterocycles. The molecule has 0 aliphatic rings. The zero-order chi connectivity index (χ0) is 11.8. The molecule has 16 heavy (non-hydrogen) atoms. The van der Waals surface area contributed by atoms with Crippen molar-refractivity contribution >= 4 is 12.3 Å². The Hall–Kier alpha value is -1.64. The van der Waals surface area contributed by atoms with Crippen LogP contribution in [0, 0.1) is 0 Å². The number of carbonyl (C=O) groups excluding carboxylic acids is 2. The van der Waals surface area contributed by atoms with Crippen molar-refractivity contribution in [1.29, 1.82) is 0 Å². The second-order valence-electron chi connectivity index (χ2n) is 3.48. The summed E-state index contributed by atoms with van der Waals surface area (Å²) in [5.74, 6) is -0.290. The zero-order valence-corrected chi connectivity index (χ0v) is 9.44. The van der Waals surface area contributed by atoms with E-state index in [1.807, 2.05) is 12.1 Å². The number of ether oxygens (including phenoxy) is 1. The molecule has 0 amide bonds. The normalized spacial score (nSPS) is 9.81. The van der Waals surface area contributed by atoms with Crippen LogP contribution in [-0.2, 0) is 16.0 Å². The van der Waals surface area contributed by atoms with Crippen LogP contribution in [0.15, 0.2) is 24.3 Å². The highest BCUT2D eigenvalue weighted by atomic mass is 16.5. The SMILES string of the molecule is CCOC(=O)c1ccc(CCCC=O)cc1. The summed E-state index contributed by atoms with van der Waals surface area (Å²) in [7, 11) is 0. The average Bonchev–Trinajstić information content (AvgIpc) is 2.30. The first-order chi connectivity index (χ1) is 7.77. The Morgan fingerprint density at radius 1 is 1.31 bits per heavy atom. The largest absolute Gasteiger partial charge is 0.462 e. The number of carbonyl (C=O) groups is 2. The maximum absolute atomic E-state index is 11.3. The standard InChI is InChI=1S/C13H16O3/c1-2-16-13(15)12-8-6-11(7-9-12)5-3-4-10-14/h6-10H,2-5H2,1H3. The van der Waals surface area contributed by atoms with Gasteiger partial charge in [0.25, 0.3) is 0 Å². The number of esters is 1. The Balaban J connectivity index is 2.53. The van der Waals surface area contributed by atoms with Crippen LogP contribution in [0.4, 0.5) is 0 Å². The number of aryl methyl sites for hydroxylation is 1. The van der Waals surface area contributed by atoms with Gasteiger partial charge in [0.05, 0.1) is 12.2 Å². The van der Waals surface area contributed by atoms with E-state index in [0.29, 0.717) is 18.6 Å². The molecule has 1 aromatic carbocycles. The summed E-state index contributed by atoms with van der Waals surface area (Å²) in [6, 6.07) is 7.32. The smallest absolute Gasteiger partial charge is 0.338 e. The van der Waals surface area contributed by atoms with Gasteiger partial charge in [0.15, 0.2) is 0 Å². The molecule has 0 N–H and O–H groups in total. The highest BCUT2D eigenvalue weighted by Crippen LogP contribution is 2.08. The lowest BCUT2D eigenvalue weighted by molar-refractivity contribution is -0.107. The minimum Gasteiger partial charge on any atom is -0.462 e. The summed E-state index contributed by atoms with van der Waals surface area (Å²) in [6.45, 7) is 2.17. The molecule has 0 aromatic heterocycles. The number of rotatable bonds is 6. The van der Waals surface area contributed by atoms with Gasteiger partial charge in [-0.1, -0.05) is 12.1 Å². The number of unbranched alkanes of at least 4 members (excludes halogenated alkanes) is 1. The van der Waals surface area contributed by atoms with Crippen LogP contribution in [0.2, 0.25) is 0 Å². The van der Waals surface area contributed by atoms with Gasteiger partial charge in [-0.25, -0.2) is 4.79 Å². The average molecular weight is 220 g/mol. The summed E-state index contributed by atoms with van der Waals surface area (Å²) in [5.41, 5.74) is 1.70. The third-order valence-corrected chi connectivity index (χ3v) is 2.25. The van der Waals surface area contributed by atoms with Crippen molar-refractivity contribution in [3.63, 3.8) is 0 Å². The van der Waals surface area contributed by atoms with Crippen LogP contribution in [0.1, 0.15) is 35.7 Å². The predicted octanol–water partition coefficient (Wildman–Crippen LogP) is 2.38. The van der Waals surface area contributed by atoms with Gasteiger partial charge in [0.1, 0.15) is 6.29 Å². The van der Waals surface area contributed by atoms with Gasteiger partial charge in [-0.15, -0.1) is 0 Å². The van der Waals surface area contributed by atoms with Crippen molar-refractivity contribution in [1.82, 2.24) is 0 Å². The van der Waals surface area contributed by atoms with Gasteiger partial charge >= 0.3 is 5.97 Å². The topological polar surface area (TPSA) is 43.4 Å². The Kier molecular flexibility index (Phi) is 5.26. The lowest BCUT2D eigenvalue weighted by Crippen LogP contribution is -2.04. The van der Waals surface area contributed by atoms with Crippen molar-refractivity contribution in [2.75, 3.05) is 6.61 Å². The second kappa shape index (κ2) is 6.77. The van der Waals surface area contributed by atoms with E-state index < -0.39 is 0 Å². The van der Waals surface area contributed by atoms with Gasteiger partial charge in [-0.2, -0.15) is 0 Å².